The molecule has 0 saturated carbocycles. The van der Waals surface area contributed by atoms with E-state index in [1.165, 1.54) is 0 Å². The molecule has 0 aliphatic carbocycles. The van der Waals surface area contributed by atoms with E-state index in [0.29, 0.717) is 5.69 Å². The summed E-state index contributed by atoms with van der Waals surface area (Å²) >= 11 is 0. The first-order valence-electron chi connectivity index (χ1n) is 5.14. The van der Waals surface area contributed by atoms with E-state index in [0.717, 1.165) is 18.2 Å². The van der Waals surface area contributed by atoms with Crippen molar-refractivity contribution in [2.75, 3.05) is 5.32 Å². The van der Waals surface area contributed by atoms with Gasteiger partial charge < -0.3 is 5.32 Å². The van der Waals surface area contributed by atoms with E-state index >= 15 is 0 Å². The van der Waals surface area contributed by atoms with E-state index in [2.05, 4.69) is 15.3 Å². The van der Waals surface area contributed by atoms with Gasteiger partial charge in [0.1, 0.15) is 11.6 Å². The summed E-state index contributed by atoms with van der Waals surface area (Å²) in [5.41, 5.74) is 0.777. The van der Waals surface area contributed by atoms with Crippen molar-refractivity contribution in [3.8, 4) is 0 Å². The highest BCUT2D eigenvalue weighted by Crippen LogP contribution is 2.20. The van der Waals surface area contributed by atoms with Crippen LogP contribution in [0.3, 0.4) is 0 Å². The van der Waals surface area contributed by atoms with Crippen LogP contribution in [-0.4, -0.2) is 9.97 Å². The fraction of sp³-hybridized carbons (Fsp3) is 0.167. The molecule has 1 aromatic carbocycles. The van der Waals surface area contributed by atoms with E-state index in [1.54, 1.807) is 25.5 Å². The van der Waals surface area contributed by atoms with Crippen LogP contribution < -0.4 is 5.32 Å². The minimum Gasteiger partial charge on any atom is -0.374 e. The Hall–Kier alpha value is -2.04. The van der Waals surface area contributed by atoms with Crippen LogP contribution in [0.1, 0.15) is 18.7 Å². The summed E-state index contributed by atoms with van der Waals surface area (Å²) in [4.78, 5) is 8.00. The summed E-state index contributed by atoms with van der Waals surface area (Å²) in [5, 5.41) is 2.85. The first-order chi connectivity index (χ1) is 8.16. The van der Waals surface area contributed by atoms with Crippen molar-refractivity contribution in [1.29, 1.82) is 0 Å². The molecule has 3 nitrogen and oxygen atoms in total. The van der Waals surface area contributed by atoms with Crippen LogP contribution in [0.15, 0.2) is 36.8 Å². The highest BCUT2D eigenvalue weighted by Gasteiger charge is 2.10. The van der Waals surface area contributed by atoms with Crippen LogP contribution in [0.5, 0.6) is 0 Å². The number of benzene rings is 1. The third-order valence-electron chi connectivity index (χ3n) is 2.33. The number of nitrogens with zero attached hydrogens (tertiary/aromatic N) is 2. The van der Waals surface area contributed by atoms with Gasteiger partial charge in [0.25, 0.3) is 0 Å². The maximum atomic E-state index is 13.4. The van der Waals surface area contributed by atoms with Crippen LogP contribution in [0.2, 0.25) is 0 Å². The fourth-order valence-electron chi connectivity index (χ4n) is 1.45. The standard InChI is InChI=1S/C12H11F2N3/c1-8(12-7-15-4-5-16-12)17-11-6-9(13)2-3-10(11)14/h2-8,17H,1H3. The van der Waals surface area contributed by atoms with Gasteiger partial charge in [-0.05, 0) is 25.1 Å². The molecule has 1 unspecified atom stereocenters. The van der Waals surface area contributed by atoms with Crippen molar-refractivity contribution < 1.29 is 8.78 Å². The molecule has 0 spiro atoms. The maximum absolute atomic E-state index is 13.4. The summed E-state index contributed by atoms with van der Waals surface area (Å²) in [6.07, 6.45) is 4.68. The highest BCUT2D eigenvalue weighted by atomic mass is 19.1. The summed E-state index contributed by atoms with van der Waals surface area (Å²) in [6, 6.07) is 3.02. The topological polar surface area (TPSA) is 37.8 Å². The highest BCUT2D eigenvalue weighted by molar-refractivity contribution is 5.46. The molecule has 17 heavy (non-hydrogen) atoms. The van der Waals surface area contributed by atoms with Gasteiger partial charge in [0, 0.05) is 12.4 Å². The van der Waals surface area contributed by atoms with Gasteiger partial charge in [0.2, 0.25) is 0 Å². The van der Waals surface area contributed by atoms with Crippen LogP contribution in [0.4, 0.5) is 14.5 Å². The smallest absolute Gasteiger partial charge is 0.146 e. The molecule has 5 heteroatoms. The number of rotatable bonds is 3. The average Bonchev–Trinajstić information content (AvgIpc) is 2.35. The molecule has 0 fully saturated rings. The summed E-state index contributed by atoms with van der Waals surface area (Å²) in [5.74, 6) is -0.984. The molecule has 2 aromatic rings. The Kier molecular flexibility index (Phi) is 3.27. The van der Waals surface area contributed by atoms with E-state index in [1.807, 2.05) is 0 Å². The quantitative estimate of drug-likeness (QED) is 0.888. The predicted molar refractivity (Wildman–Crippen MR) is 60.4 cm³/mol. The lowest BCUT2D eigenvalue weighted by atomic mass is 10.2. The van der Waals surface area contributed by atoms with E-state index in [4.69, 9.17) is 0 Å². The van der Waals surface area contributed by atoms with Crippen LogP contribution >= 0.6 is 0 Å². The Labute approximate surface area is 97.5 Å². The first-order valence-corrected chi connectivity index (χ1v) is 5.14. The van der Waals surface area contributed by atoms with Gasteiger partial charge in [-0.2, -0.15) is 0 Å². The van der Waals surface area contributed by atoms with Gasteiger partial charge >= 0.3 is 0 Å². The van der Waals surface area contributed by atoms with Crippen molar-refractivity contribution in [3.05, 3.63) is 54.1 Å². The summed E-state index contributed by atoms with van der Waals surface area (Å²) < 4.78 is 26.3. The van der Waals surface area contributed by atoms with Crippen molar-refractivity contribution in [1.82, 2.24) is 9.97 Å². The van der Waals surface area contributed by atoms with Crippen molar-refractivity contribution in [2.24, 2.45) is 0 Å². The molecule has 0 amide bonds. The van der Waals surface area contributed by atoms with E-state index in [9.17, 15) is 8.78 Å². The Bertz CT molecular complexity index is 502. The molecule has 0 aliphatic heterocycles. The van der Waals surface area contributed by atoms with Crippen LogP contribution in [0.25, 0.3) is 0 Å². The Balaban J connectivity index is 2.18. The van der Waals surface area contributed by atoms with Gasteiger partial charge in [-0.1, -0.05) is 0 Å². The molecule has 2 rings (SSSR count). The molecule has 0 radical (unpaired) electrons. The minimum absolute atomic E-state index is 0.114. The molecule has 0 saturated heterocycles. The first kappa shape index (κ1) is 11.4. The molecule has 1 aromatic heterocycles. The molecule has 0 aliphatic rings. The van der Waals surface area contributed by atoms with E-state index in [-0.39, 0.29) is 11.7 Å². The van der Waals surface area contributed by atoms with Gasteiger partial charge in [-0.25, -0.2) is 8.78 Å². The van der Waals surface area contributed by atoms with Gasteiger partial charge in [-0.3, -0.25) is 9.97 Å². The molecule has 0 bridgehead atoms. The average molecular weight is 235 g/mol. The van der Waals surface area contributed by atoms with Crippen LogP contribution in [-0.2, 0) is 0 Å². The molecular weight excluding hydrogens is 224 g/mol. The second-order valence-electron chi connectivity index (χ2n) is 3.62. The largest absolute Gasteiger partial charge is 0.374 e. The molecule has 1 atom stereocenters. The number of hydrogen-bond acceptors (Lipinski definition) is 3. The summed E-state index contributed by atoms with van der Waals surface area (Å²) in [6.45, 7) is 1.80. The van der Waals surface area contributed by atoms with Crippen LogP contribution in [0, 0.1) is 11.6 Å². The van der Waals surface area contributed by atoms with Gasteiger partial charge in [0.15, 0.2) is 0 Å². The second-order valence-corrected chi connectivity index (χ2v) is 3.62. The number of halogens is 2. The third-order valence-corrected chi connectivity index (χ3v) is 2.33. The minimum atomic E-state index is -0.498. The number of hydrogen-bond donors (Lipinski definition) is 1. The van der Waals surface area contributed by atoms with Crippen molar-refractivity contribution in [3.63, 3.8) is 0 Å². The zero-order valence-corrected chi connectivity index (χ0v) is 9.19. The van der Waals surface area contributed by atoms with Gasteiger partial charge in [0.05, 0.1) is 23.6 Å². The lowest BCUT2D eigenvalue weighted by molar-refractivity contribution is 0.600. The molecule has 88 valence electrons. The molecule has 1 heterocycles. The normalized spacial score (nSPS) is 12.2. The Morgan fingerprint density at radius 3 is 2.76 bits per heavy atom. The summed E-state index contributed by atoms with van der Waals surface area (Å²) in [7, 11) is 0. The lowest BCUT2D eigenvalue weighted by Gasteiger charge is -2.14. The number of aromatic nitrogens is 2. The lowest BCUT2D eigenvalue weighted by Crippen LogP contribution is -2.10. The number of anilines is 1. The maximum Gasteiger partial charge on any atom is 0.146 e. The fourth-order valence-corrected chi connectivity index (χ4v) is 1.45. The molecular formula is C12H11F2N3. The monoisotopic (exact) mass is 235 g/mol. The van der Waals surface area contributed by atoms with Crippen molar-refractivity contribution >= 4 is 5.69 Å². The second kappa shape index (κ2) is 4.86. The SMILES string of the molecule is CC(Nc1cc(F)ccc1F)c1cnccn1. The molecule has 1 N–H and O–H groups in total. The number of nitrogens with one attached hydrogen (secondary N) is 1. The predicted octanol–water partition coefficient (Wildman–Crippen LogP) is 2.93. The van der Waals surface area contributed by atoms with Gasteiger partial charge in [-0.15, -0.1) is 0 Å². The zero-order chi connectivity index (χ0) is 12.3. The van der Waals surface area contributed by atoms with E-state index < -0.39 is 11.6 Å². The van der Waals surface area contributed by atoms with Crippen molar-refractivity contribution in [2.45, 2.75) is 13.0 Å². The zero-order valence-electron chi connectivity index (χ0n) is 9.19. The third kappa shape index (κ3) is 2.75. The Morgan fingerprint density at radius 1 is 1.24 bits per heavy atom. The Morgan fingerprint density at radius 2 is 2.06 bits per heavy atom.